The fourth-order valence-corrected chi connectivity index (χ4v) is 5.90. The zero-order chi connectivity index (χ0) is 17.8. The Labute approximate surface area is 152 Å². The number of hydrogen-bond donors (Lipinski definition) is 4. The summed E-state index contributed by atoms with van der Waals surface area (Å²) in [7, 11) is 0. The molecule has 1 atom stereocenters. The molecule has 1 unspecified atom stereocenters. The number of anilines is 1. The minimum absolute atomic E-state index is 0.0628. The zero-order valence-electron chi connectivity index (χ0n) is 14.4. The van der Waals surface area contributed by atoms with Crippen LogP contribution in [0.2, 0.25) is 5.02 Å². The van der Waals surface area contributed by atoms with Gasteiger partial charge < -0.3 is 20.8 Å². The molecule has 25 heavy (non-hydrogen) atoms. The lowest BCUT2D eigenvalue weighted by Crippen LogP contribution is -2.60. The van der Waals surface area contributed by atoms with Crippen molar-refractivity contribution in [1.29, 1.82) is 0 Å². The summed E-state index contributed by atoms with van der Waals surface area (Å²) < 4.78 is 0. The molecule has 4 aliphatic carbocycles. The molecular weight excluding hydrogens is 340 g/mol. The highest BCUT2D eigenvalue weighted by Crippen LogP contribution is 2.55. The Hall–Kier alpha value is -1.46. The minimum atomic E-state index is -0.870. The molecule has 1 aromatic carbocycles. The number of halogens is 1. The van der Waals surface area contributed by atoms with Gasteiger partial charge in [-0.2, -0.15) is 0 Å². The van der Waals surface area contributed by atoms with E-state index in [1.165, 1.54) is 25.3 Å². The Morgan fingerprint density at radius 1 is 1.20 bits per heavy atom. The third-order valence-electron chi connectivity index (χ3n) is 6.22. The second kappa shape index (κ2) is 6.06. The molecule has 4 saturated carbocycles. The van der Waals surface area contributed by atoms with Crippen LogP contribution in [0.3, 0.4) is 0 Å². The van der Waals surface area contributed by atoms with Crippen LogP contribution in [0.4, 0.5) is 10.5 Å². The van der Waals surface area contributed by atoms with E-state index in [-0.39, 0.29) is 22.3 Å². The van der Waals surface area contributed by atoms with Crippen LogP contribution < -0.4 is 10.6 Å². The standard InChI is InChI=1S/C19H25ClN2O3/c1-10(23)15-5-14(6-16(20)17(15)24)21-18(25)22-19-7-11-2-12(8-19)4-13(3-11)9-19/h5-6,10-13,23-24H,2-4,7-9H2,1H3,(H2,21,22,25). The van der Waals surface area contributed by atoms with Gasteiger partial charge in [0.2, 0.25) is 0 Å². The lowest BCUT2D eigenvalue weighted by atomic mass is 9.53. The van der Waals surface area contributed by atoms with Crippen LogP contribution in [-0.2, 0) is 0 Å². The number of carbonyl (C=O) groups excluding carboxylic acids is 1. The maximum Gasteiger partial charge on any atom is 0.319 e. The normalized spacial score (nSPS) is 34.0. The van der Waals surface area contributed by atoms with Gasteiger partial charge in [-0.1, -0.05) is 11.6 Å². The van der Waals surface area contributed by atoms with Gasteiger partial charge in [-0.3, -0.25) is 0 Å². The summed E-state index contributed by atoms with van der Waals surface area (Å²) in [5.41, 5.74) is 0.714. The van der Waals surface area contributed by atoms with Gasteiger partial charge in [-0.25, -0.2) is 4.79 Å². The van der Waals surface area contributed by atoms with Crippen LogP contribution in [0.25, 0.3) is 0 Å². The van der Waals surface area contributed by atoms with Crippen LogP contribution in [-0.4, -0.2) is 21.8 Å². The lowest BCUT2D eigenvalue weighted by molar-refractivity contribution is -0.0127. The molecule has 0 aliphatic heterocycles. The van der Waals surface area contributed by atoms with E-state index in [9.17, 15) is 15.0 Å². The Morgan fingerprint density at radius 2 is 1.76 bits per heavy atom. The van der Waals surface area contributed by atoms with Gasteiger partial charge >= 0.3 is 6.03 Å². The van der Waals surface area contributed by atoms with Crippen molar-refractivity contribution < 1.29 is 15.0 Å². The second-order valence-corrected chi connectivity index (χ2v) is 8.76. The molecule has 2 amide bonds. The van der Waals surface area contributed by atoms with Crippen LogP contribution in [0, 0.1) is 17.8 Å². The summed E-state index contributed by atoms with van der Waals surface area (Å²) in [5, 5.41) is 25.8. The number of aromatic hydroxyl groups is 1. The van der Waals surface area contributed by atoms with Crippen LogP contribution >= 0.6 is 11.6 Å². The minimum Gasteiger partial charge on any atom is -0.506 e. The summed E-state index contributed by atoms with van der Waals surface area (Å²) in [6.45, 7) is 1.55. The number of urea groups is 1. The first-order chi connectivity index (χ1) is 11.8. The van der Waals surface area contributed by atoms with Crippen molar-refractivity contribution in [3.63, 3.8) is 0 Å². The maximum atomic E-state index is 12.6. The van der Waals surface area contributed by atoms with E-state index >= 15 is 0 Å². The van der Waals surface area contributed by atoms with Crippen molar-refractivity contribution in [2.45, 2.75) is 57.1 Å². The molecule has 0 radical (unpaired) electrons. The fourth-order valence-electron chi connectivity index (χ4n) is 5.68. The lowest BCUT2D eigenvalue weighted by Gasteiger charge is -2.56. The monoisotopic (exact) mass is 364 g/mol. The van der Waals surface area contributed by atoms with Gasteiger partial charge in [0.25, 0.3) is 0 Å². The van der Waals surface area contributed by atoms with E-state index in [0.717, 1.165) is 37.0 Å². The molecule has 6 heteroatoms. The molecule has 5 rings (SSSR count). The summed E-state index contributed by atoms with van der Waals surface area (Å²) in [5.74, 6) is 2.13. The maximum absolute atomic E-state index is 12.6. The van der Waals surface area contributed by atoms with Crippen LogP contribution in [0.15, 0.2) is 12.1 Å². The Bertz CT molecular complexity index is 669. The van der Waals surface area contributed by atoms with Crippen molar-refractivity contribution in [2.24, 2.45) is 17.8 Å². The van der Waals surface area contributed by atoms with Gasteiger partial charge in [0.05, 0.1) is 11.1 Å². The topological polar surface area (TPSA) is 81.6 Å². The summed E-state index contributed by atoms with van der Waals surface area (Å²) in [6.07, 6.45) is 6.37. The van der Waals surface area contributed by atoms with Crippen LogP contribution in [0.1, 0.15) is 57.1 Å². The second-order valence-electron chi connectivity index (χ2n) is 8.35. The van der Waals surface area contributed by atoms with Crippen molar-refractivity contribution in [3.8, 4) is 5.75 Å². The van der Waals surface area contributed by atoms with Crippen molar-refractivity contribution in [2.75, 3.05) is 5.32 Å². The predicted octanol–water partition coefficient (Wildman–Crippen LogP) is 4.19. The Morgan fingerprint density at radius 3 is 2.28 bits per heavy atom. The van der Waals surface area contributed by atoms with Crippen molar-refractivity contribution in [3.05, 3.63) is 22.7 Å². The molecule has 0 aromatic heterocycles. The fraction of sp³-hybridized carbons (Fsp3) is 0.632. The summed E-state index contributed by atoms with van der Waals surface area (Å²) >= 11 is 6.01. The number of carbonyl (C=O) groups is 1. The number of benzene rings is 1. The summed E-state index contributed by atoms with van der Waals surface area (Å²) in [4.78, 5) is 12.6. The molecule has 136 valence electrons. The zero-order valence-corrected chi connectivity index (χ0v) is 15.1. The Kier molecular flexibility index (Phi) is 4.12. The van der Waals surface area contributed by atoms with E-state index in [0.29, 0.717) is 11.3 Å². The quantitative estimate of drug-likeness (QED) is 0.607. The number of phenolic OH excluding ortho intramolecular Hbond substituents is 1. The number of phenols is 1. The van der Waals surface area contributed by atoms with Crippen molar-refractivity contribution >= 4 is 23.3 Å². The summed E-state index contributed by atoms with van der Waals surface area (Å²) in [6, 6.07) is 2.83. The number of amides is 2. The average Bonchev–Trinajstić information content (AvgIpc) is 2.48. The van der Waals surface area contributed by atoms with Gasteiger partial charge in [0, 0.05) is 16.8 Å². The van der Waals surface area contributed by atoms with E-state index in [1.807, 2.05) is 0 Å². The van der Waals surface area contributed by atoms with E-state index < -0.39 is 6.10 Å². The van der Waals surface area contributed by atoms with Gasteiger partial charge in [0.1, 0.15) is 5.75 Å². The molecule has 0 saturated heterocycles. The van der Waals surface area contributed by atoms with E-state index in [1.54, 1.807) is 13.0 Å². The first-order valence-electron chi connectivity index (χ1n) is 9.13. The molecule has 5 nitrogen and oxygen atoms in total. The first kappa shape index (κ1) is 17.0. The molecule has 4 bridgehead atoms. The largest absolute Gasteiger partial charge is 0.506 e. The van der Waals surface area contributed by atoms with E-state index in [4.69, 9.17) is 11.6 Å². The highest BCUT2D eigenvalue weighted by atomic mass is 35.5. The molecular formula is C19H25ClN2O3. The molecule has 4 aliphatic rings. The highest BCUT2D eigenvalue weighted by molar-refractivity contribution is 6.32. The molecule has 0 spiro atoms. The third-order valence-corrected chi connectivity index (χ3v) is 6.51. The van der Waals surface area contributed by atoms with Gasteiger partial charge in [0.15, 0.2) is 0 Å². The van der Waals surface area contributed by atoms with Gasteiger partial charge in [-0.05, 0) is 75.3 Å². The number of hydrogen-bond acceptors (Lipinski definition) is 3. The third kappa shape index (κ3) is 3.20. The SMILES string of the molecule is CC(O)c1cc(NC(=O)NC23CC4CC(CC(C4)C2)C3)cc(Cl)c1O. The van der Waals surface area contributed by atoms with Crippen LogP contribution in [0.5, 0.6) is 5.75 Å². The Balaban J connectivity index is 1.48. The number of aliphatic hydroxyl groups excluding tert-OH is 1. The highest BCUT2D eigenvalue weighted by Gasteiger charge is 2.51. The van der Waals surface area contributed by atoms with Crippen molar-refractivity contribution in [1.82, 2.24) is 5.32 Å². The number of nitrogens with one attached hydrogen (secondary N) is 2. The molecule has 1 aromatic rings. The average molecular weight is 365 g/mol. The number of rotatable bonds is 3. The first-order valence-corrected chi connectivity index (χ1v) is 9.51. The van der Waals surface area contributed by atoms with Gasteiger partial charge in [-0.15, -0.1) is 0 Å². The molecule has 4 N–H and O–H groups in total. The molecule has 0 heterocycles. The smallest absolute Gasteiger partial charge is 0.319 e. The molecule has 4 fully saturated rings. The predicted molar refractivity (Wildman–Crippen MR) is 96.8 cm³/mol. The number of aliphatic hydroxyl groups is 1. The van der Waals surface area contributed by atoms with E-state index in [2.05, 4.69) is 10.6 Å².